The minimum Gasteiger partial charge on any atom is -0.480 e. The number of aromatic nitrogens is 1. The van der Waals surface area contributed by atoms with Crippen LogP contribution < -0.4 is 5.32 Å². The van der Waals surface area contributed by atoms with Crippen LogP contribution >= 0.6 is 0 Å². The minimum atomic E-state index is -1.64. The number of likely N-dealkylation sites (tertiary alicyclic amines) is 2. The summed E-state index contributed by atoms with van der Waals surface area (Å²) < 4.78 is 40.6. The molecule has 2 aliphatic heterocycles. The minimum absolute atomic E-state index is 0.133. The summed E-state index contributed by atoms with van der Waals surface area (Å²) in [5, 5.41) is 13.6. The highest BCUT2D eigenvalue weighted by Crippen LogP contribution is 2.35. The Bertz CT molecular complexity index is 1300. The number of nitrogens with one attached hydrogen (secondary N) is 2. The van der Waals surface area contributed by atoms with E-state index in [0.29, 0.717) is 31.8 Å². The molecule has 5 rings (SSSR count). The molecule has 2 amide bonds. The highest BCUT2D eigenvalue weighted by atomic mass is 19.2. The van der Waals surface area contributed by atoms with Crippen LogP contribution in [0.4, 0.5) is 23.7 Å². The number of anilines is 1. The summed E-state index contributed by atoms with van der Waals surface area (Å²) in [5.41, 5.74) is 1.94. The third-order valence-electron chi connectivity index (χ3n) is 7.79. The van der Waals surface area contributed by atoms with E-state index in [9.17, 15) is 27.9 Å². The van der Waals surface area contributed by atoms with Gasteiger partial charge < -0.3 is 20.3 Å². The largest absolute Gasteiger partial charge is 0.480 e. The zero-order chi connectivity index (χ0) is 26.1. The molecule has 1 atom stereocenters. The van der Waals surface area contributed by atoms with Gasteiger partial charge in [0.2, 0.25) is 0 Å². The number of carboxylic acid groups (broad SMARTS) is 1. The number of aromatic amines is 1. The van der Waals surface area contributed by atoms with Gasteiger partial charge in [0.1, 0.15) is 6.04 Å². The first-order chi connectivity index (χ1) is 17.8. The molecule has 2 aliphatic rings. The maximum absolute atomic E-state index is 13.9. The second-order valence-corrected chi connectivity index (χ2v) is 9.86. The number of rotatable bonds is 5. The average Bonchev–Trinajstić information content (AvgIpc) is 3.34. The number of fused-ring (bicyclic) bond motifs is 1. The van der Waals surface area contributed by atoms with E-state index >= 15 is 0 Å². The number of urea groups is 1. The standard InChI is InChI=1S/C27H29F3N4O3/c28-20-5-6-22(24(30)23(20)29)32-27(37)34-13-9-17(10-14-34)25(26(35)36)33-11-7-16(8-12-33)19-15-31-21-4-2-1-3-18(19)21/h1-6,15-17,25,31H,7-14H2,(H,32,37)(H,35,36). The van der Waals surface area contributed by atoms with E-state index in [4.69, 9.17) is 0 Å². The van der Waals surface area contributed by atoms with Gasteiger partial charge in [0, 0.05) is 30.2 Å². The number of carbonyl (C=O) groups excluding carboxylic acids is 1. The van der Waals surface area contributed by atoms with E-state index in [1.165, 1.54) is 15.8 Å². The Morgan fingerprint density at radius 2 is 1.65 bits per heavy atom. The molecule has 3 N–H and O–H groups in total. The lowest BCUT2D eigenvalue weighted by atomic mass is 9.84. The van der Waals surface area contributed by atoms with Crippen molar-refractivity contribution in [2.45, 2.75) is 37.6 Å². The zero-order valence-corrected chi connectivity index (χ0v) is 20.2. The Balaban J connectivity index is 1.18. The molecular formula is C27H29F3N4O3. The highest BCUT2D eigenvalue weighted by Gasteiger charge is 2.38. The number of carbonyl (C=O) groups is 2. The number of aliphatic carboxylic acids is 1. The van der Waals surface area contributed by atoms with Crippen molar-refractivity contribution in [3.63, 3.8) is 0 Å². The van der Waals surface area contributed by atoms with Gasteiger partial charge in [0.05, 0.1) is 5.69 Å². The highest BCUT2D eigenvalue weighted by molar-refractivity contribution is 5.89. The molecule has 0 radical (unpaired) electrons. The van der Waals surface area contributed by atoms with Crippen LogP contribution in [-0.2, 0) is 4.79 Å². The molecule has 0 aliphatic carbocycles. The van der Waals surface area contributed by atoms with Crippen LogP contribution in [0, 0.1) is 23.4 Å². The Labute approximate surface area is 212 Å². The van der Waals surface area contributed by atoms with Gasteiger partial charge in [-0.15, -0.1) is 0 Å². The van der Waals surface area contributed by atoms with E-state index in [1.54, 1.807) is 0 Å². The number of halogens is 3. The fourth-order valence-corrected chi connectivity index (χ4v) is 5.81. The average molecular weight is 515 g/mol. The van der Waals surface area contributed by atoms with Crippen LogP contribution in [0.2, 0.25) is 0 Å². The monoisotopic (exact) mass is 514 g/mol. The summed E-state index contributed by atoms with van der Waals surface area (Å²) in [5.74, 6) is -5.06. The molecule has 10 heteroatoms. The van der Waals surface area contributed by atoms with Gasteiger partial charge in [-0.2, -0.15) is 0 Å². The summed E-state index contributed by atoms with van der Waals surface area (Å²) >= 11 is 0. The summed E-state index contributed by atoms with van der Waals surface area (Å²) in [4.78, 5) is 31.7. The Kier molecular flexibility index (Phi) is 7.10. The van der Waals surface area contributed by atoms with E-state index in [1.807, 2.05) is 17.0 Å². The smallest absolute Gasteiger partial charge is 0.321 e. The Morgan fingerprint density at radius 1 is 0.946 bits per heavy atom. The van der Waals surface area contributed by atoms with Crippen molar-refractivity contribution in [2.24, 2.45) is 5.92 Å². The van der Waals surface area contributed by atoms with Gasteiger partial charge >= 0.3 is 12.0 Å². The van der Waals surface area contributed by atoms with Crippen LogP contribution in [0.15, 0.2) is 42.6 Å². The molecule has 3 heterocycles. The van der Waals surface area contributed by atoms with Crippen molar-refractivity contribution < 1.29 is 27.9 Å². The summed E-state index contributed by atoms with van der Waals surface area (Å²) in [6.07, 6.45) is 4.76. The zero-order valence-electron chi connectivity index (χ0n) is 20.2. The third kappa shape index (κ3) is 5.02. The lowest BCUT2D eigenvalue weighted by Gasteiger charge is -2.41. The molecule has 2 fully saturated rings. The molecule has 1 aromatic heterocycles. The number of hydrogen-bond donors (Lipinski definition) is 3. The number of piperidine rings is 2. The fraction of sp³-hybridized carbons (Fsp3) is 0.407. The number of H-pyrrole nitrogens is 1. The summed E-state index contributed by atoms with van der Waals surface area (Å²) in [7, 11) is 0. The van der Waals surface area contributed by atoms with Crippen LogP contribution in [0.3, 0.4) is 0 Å². The number of benzene rings is 2. The predicted octanol–water partition coefficient (Wildman–Crippen LogP) is 5.16. The molecular weight excluding hydrogens is 485 g/mol. The van der Waals surface area contributed by atoms with E-state index < -0.39 is 41.2 Å². The molecule has 0 spiro atoms. The van der Waals surface area contributed by atoms with Crippen LogP contribution in [-0.4, -0.2) is 64.1 Å². The SMILES string of the molecule is O=C(O)C(C1CCN(C(=O)Nc2ccc(F)c(F)c2F)CC1)N1CCC(c2c[nH]c3ccccc23)CC1. The van der Waals surface area contributed by atoms with E-state index in [-0.39, 0.29) is 19.0 Å². The van der Waals surface area contributed by atoms with Crippen molar-refractivity contribution in [1.29, 1.82) is 0 Å². The van der Waals surface area contributed by atoms with Gasteiger partial charge in [-0.25, -0.2) is 18.0 Å². The summed E-state index contributed by atoms with van der Waals surface area (Å²) in [6.45, 7) is 1.93. The number of nitrogens with zero attached hydrogens (tertiary/aromatic N) is 2. The van der Waals surface area contributed by atoms with Gasteiger partial charge in [-0.05, 0) is 74.4 Å². The maximum atomic E-state index is 13.9. The van der Waals surface area contributed by atoms with Crippen molar-refractivity contribution >= 4 is 28.6 Å². The number of para-hydroxylation sites is 1. The summed E-state index contributed by atoms with van der Waals surface area (Å²) in [6, 6.07) is 8.63. The molecule has 7 nitrogen and oxygen atoms in total. The van der Waals surface area contributed by atoms with Crippen LogP contribution in [0.1, 0.15) is 37.2 Å². The lowest BCUT2D eigenvalue weighted by molar-refractivity contribution is -0.147. The van der Waals surface area contributed by atoms with Crippen LogP contribution in [0.5, 0.6) is 0 Å². The molecule has 0 bridgehead atoms. The molecule has 1 unspecified atom stereocenters. The Morgan fingerprint density at radius 3 is 2.35 bits per heavy atom. The molecule has 37 heavy (non-hydrogen) atoms. The Hall–Kier alpha value is -3.53. The molecule has 2 aromatic carbocycles. The van der Waals surface area contributed by atoms with Crippen molar-refractivity contribution in [2.75, 3.05) is 31.5 Å². The number of carboxylic acids is 1. The maximum Gasteiger partial charge on any atom is 0.321 e. The first-order valence-electron chi connectivity index (χ1n) is 12.6. The van der Waals surface area contributed by atoms with Crippen molar-refractivity contribution in [3.8, 4) is 0 Å². The normalized spacial score (nSPS) is 18.7. The first-order valence-corrected chi connectivity index (χ1v) is 12.6. The fourth-order valence-electron chi connectivity index (χ4n) is 5.81. The number of amides is 2. The third-order valence-corrected chi connectivity index (χ3v) is 7.79. The second-order valence-electron chi connectivity index (χ2n) is 9.86. The topological polar surface area (TPSA) is 88.7 Å². The van der Waals surface area contributed by atoms with Gasteiger partial charge in [-0.3, -0.25) is 9.69 Å². The molecule has 2 saturated heterocycles. The van der Waals surface area contributed by atoms with Crippen LogP contribution in [0.25, 0.3) is 10.9 Å². The van der Waals surface area contributed by atoms with Crippen molar-refractivity contribution in [3.05, 3.63) is 65.6 Å². The second kappa shape index (κ2) is 10.5. The van der Waals surface area contributed by atoms with Gasteiger partial charge in [0.25, 0.3) is 0 Å². The van der Waals surface area contributed by atoms with Crippen molar-refractivity contribution in [1.82, 2.24) is 14.8 Å². The first kappa shape index (κ1) is 25.1. The number of hydrogen-bond acceptors (Lipinski definition) is 3. The quantitative estimate of drug-likeness (QED) is 0.411. The molecule has 0 saturated carbocycles. The van der Waals surface area contributed by atoms with E-state index in [0.717, 1.165) is 30.5 Å². The molecule has 3 aromatic rings. The van der Waals surface area contributed by atoms with Gasteiger partial charge in [-0.1, -0.05) is 18.2 Å². The van der Waals surface area contributed by atoms with Gasteiger partial charge in [0.15, 0.2) is 17.5 Å². The predicted molar refractivity (Wildman–Crippen MR) is 133 cm³/mol. The van der Waals surface area contributed by atoms with E-state index in [2.05, 4.69) is 28.6 Å². The lowest BCUT2D eigenvalue weighted by Crippen LogP contribution is -2.52. The molecule has 196 valence electrons.